The summed E-state index contributed by atoms with van der Waals surface area (Å²) in [7, 11) is -1.29. The number of rotatable bonds is 9. The third-order valence-corrected chi connectivity index (χ3v) is 4.25. The van der Waals surface area contributed by atoms with E-state index in [0.29, 0.717) is 5.56 Å². The molecule has 10 nitrogen and oxygen atoms in total. The van der Waals surface area contributed by atoms with E-state index in [1.54, 1.807) is 30.3 Å². The zero-order valence-corrected chi connectivity index (χ0v) is 14.2. The lowest BCUT2D eigenvalue weighted by molar-refractivity contribution is -0.244. The second-order valence-corrected chi connectivity index (χ2v) is 6.05. The van der Waals surface area contributed by atoms with Crippen molar-refractivity contribution in [1.82, 2.24) is 5.32 Å². The Morgan fingerprint density at radius 2 is 1.67 bits per heavy atom. The summed E-state index contributed by atoms with van der Waals surface area (Å²) in [4.78, 5) is 32.2. The molecular formula is C13H18NO9P. The number of esters is 1. The number of ether oxygens (including phenoxy) is 2. The summed E-state index contributed by atoms with van der Waals surface area (Å²) in [5.74, 6) is -2.96. The molecule has 0 aliphatic rings. The molecule has 0 bridgehead atoms. The van der Waals surface area contributed by atoms with Crippen molar-refractivity contribution in [1.29, 1.82) is 0 Å². The fourth-order valence-electron chi connectivity index (χ4n) is 1.56. The number of methoxy groups -OCH3 is 1. The van der Waals surface area contributed by atoms with Gasteiger partial charge in [-0.1, -0.05) is 30.3 Å². The van der Waals surface area contributed by atoms with E-state index in [9.17, 15) is 14.2 Å². The third-order valence-electron chi connectivity index (χ3n) is 2.56. The van der Waals surface area contributed by atoms with Crippen molar-refractivity contribution in [2.75, 3.05) is 21.3 Å². The van der Waals surface area contributed by atoms with Crippen molar-refractivity contribution in [3.8, 4) is 0 Å². The fraction of sp³-hybridized carbons (Fsp3) is 0.385. The summed E-state index contributed by atoms with van der Waals surface area (Å²) >= 11 is 0. The first kappa shape index (κ1) is 20.1. The van der Waals surface area contributed by atoms with Crippen molar-refractivity contribution in [3.63, 3.8) is 0 Å². The van der Waals surface area contributed by atoms with Crippen molar-refractivity contribution >= 4 is 19.7 Å². The van der Waals surface area contributed by atoms with Gasteiger partial charge in [0.1, 0.15) is 6.61 Å². The number of benzene rings is 1. The molecule has 134 valence electrons. The molecule has 0 aliphatic heterocycles. The molecular weight excluding hydrogens is 345 g/mol. The first-order valence-corrected chi connectivity index (χ1v) is 8.17. The van der Waals surface area contributed by atoms with Crippen LogP contribution in [0.1, 0.15) is 5.56 Å². The van der Waals surface area contributed by atoms with Gasteiger partial charge in [0, 0.05) is 0 Å². The molecule has 1 amide bonds. The zero-order chi connectivity index (χ0) is 18.0. The van der Waals surface area contributed by atoms with Gasteiger partial charge < -0.3 is 9.47 Å². The minimum absolute atomic E-state index is 0.0683. The highest BCUT2D eigenvalue weighted by molar-refractivity contribution is 7.55. The molecule has 0 fully saturated rings. The molecule has 1 rings (SSSR count). The molecule has 0 radical (unpaired) electrons. The summed E-state index contributed by atoms with van der Waals surface area (Å²) in [5, 5.41) is 2.04. The Morgan fingerprint density at radius 3 is 2.17 bits per heavy atom. The molecule has 0 aliphatic carbocycles. The molecule has 11 heteroatoms. The van der Waals surface area contributed by atoms with Crippen molar-refractivity contribution < 1.29 is 42.8 Å². The Hall–Kier alpha value is -1.97. The number of amides is 1. The Kier molecular flexibility index (Phi) is 8.37. The van der Waals surface area contributed by atoms with E-state index < -0.39 is 25.4 Å². The molecule has 1 N–H and O–H groups in total. The number of hydrogen-bond donors (Lipinski definition) is 1. The third kappa shape index (κ3) is 5.91. The lowest BCUT2D eigenvalue weighted by Crippen LogP contribution is -2.42. The Bertz CT molecular complexity index is 570. The van der Waals surface area contributed by atoms with E-state index in [2.05, 4.69) is 23.9 Å². The maximum Gasteiger partial charge on any atom is 0.417 e. The van der Waals surface area contributed by atoms with Crippen LogP contribution in [0.3, 0.4) is 0 Å². The highest BCUT2D eigenvalue weighted by atomic mass is 31.2. The SMILES string of the molecule is COOP(=O)(OOC)C(NC(=O)OCc1ccccc1)C(=O)OC. The first-order valence-electron chi connectivity index (χ1n) is 6.56. The standard InChI is InChI=1S/C13H18NO9P/c1-18-12(15)11(24(17,22-19-2)23-20-3)14-13(16)21-9-10-7-5-4-6-8-10/h4-8,11H,9H2,1-3H3,(H,14,16). The van der Waals surface area contributed by atoms with Crippen molar-refractivity contribution in [2.24, 2.45) is 0 Å². The molecule has 1 unspecified atom stereocenters. The predicted octanol–water partition coefficient (Wildman–Crippen LogP) is 1.76. The van der Waals surface area contributed by atoms with Gasteiger partial charge in [0.2, 0.25) is 5.78 Å². The predicted molar refractivity (Wildman–Crippen MR) is 79.4 cm³/mol. The lowest BCUT2D eigenvalue weighted by Gasteiger charge is -2.22. The molecule has 0 saturated carbocycles. The van der Waals surface area contributed by atoms with Gasteiger partial charge in [0.05, 0.1) is 21.3 Å². The fourth-order valence-corrected chi connectivity index (χ4v) is 2.80. The monoisotopic (exact) mass is 363 g/mol. The van der Waals surface area contributed by atoms with E-state index in [0.717, 1.165) is 21.3 Å². The smallest absolute Gasteiger partial charge is 0.417 e. The number of hydrogen-bond acceptors (Lipinski definition) is 9. The lowest BCUT2D eigenvalue weighted by atomic mass is 10.2. The van der Waals surface area contributed by atoms with Gasteiger partial charge >= 0.3 is 19.7 Å². The summed E-state index contributed by atoms with van der Waals surface area (Å²) in [5.41, 5.74) is 0.715. The molecule has 1 atom stereocenters. The van der Waals surface area contributed by atoms with Gasteiger partial charge in [-0.05, 0) is 5.56 Å². The van der Waals surface area contributed by atoms with Gasteiger partial charge in [-0.2, -0.15) is 0 Å². The average molecular weight is 363 g/mol. The molecule has 0 spiro atoms. The van der Waals surface area contributed by atoms with Gasteiger partial charge in [0.15, 0.2) is 0 Å². The van der Waals surface area contributed by atoms with Crippen LogP contribution in [0, 0.1) is 0 Å². The summed E-state index contributed by atoms with van der Waals surface area (Å²) in [6, 6.07) is 8.80. The summed E-state index contributed by atoms with van der Waals surface area (Å²) < 4.78 is 30.8. The van der Waals surface area contributed by atoms with Crippen LogP contribution in [0.5, 0.6) is 0 Å². The molecule has 1 aromatic carbocycles. The maximum absolute atomic E-state index is 12.5. The minimum atomic E-state index is -4.38. The Balaban J connectivity index is 2.79. The average Bonchev–Trinajstić information content (AvgIpc) is 2.58. The van der Waals surface area contributed by atoms with Gasteiger partial charge in [-0.15, -0.1) is 9.35 Å². The van der Waals surface area contributed by atoms with Crippen LogP contribution in [-0.2, 0) is 44.6 Å². The van der Waals surface area contributed by atoms with E-state index in [-0.39, 0.29) is 6.61 Å². The van der Waals surface area contributed by atoms with E-state index in [1.165, 1.54) is 0 Å². The van der Waals surface area contributed by atoms with Gasteiger partial charge in [-0.3, -0.25) is 9.88 Å². The Morgan fingerprint density at radius 1 is 1.08 bits per heavy atom. The topological polar surface area (TPSA) is 119 Å². The quantitative estimate of drug-likeness (QED) is 0.303. The molecule has 0 aromatic heterocycles. The maximum atomic E-state index is 12.5. The second kappa shape index (κ2) is 10.0. The van der Waals surface area contributed by atoms with Crippen molar-refractivity contribution in [3.05, 3.63) is 35.9 Å². The van der Waals surface area contributed by atoms with Crippen LogP contribution in [-0.4, -0.2) is 39.2 Å². The number of carbonyl (C=O) groups is 2. The number of carbonyl (C=O) groups excluding carboxylic acids is 2. The molecule has 1 aromatic rings. The van der Waals surface area contributed by atoms with Crippen LogP contribution < -0.4 is 5.32 Å². The first-order chi connectivity index (χ1) is 11.5. The van der Waals surface area contributed by atoms with E-state index in [1.807, 2.05) is 5.32 Å². The summed E-state index contributed by atoms with van der Waals surface area (Å²) in [6.07, 6.45) is -1.05. The van der Waals surface area contributed by atoms with E-state index in [4.69, 9.17) is 4.74 Å². The van der Waals surface area contributed by atoms with Gasteiger partial charge in [-0.25, -0.2) is 19.4 Å². The minimum Gasteiger partial charge on any atom is -0.467 e. The number of alkyl carbamates (subject to hydrolysis) is 1. The van der Waals surface area contributed by atoms with Crippen LogP contribution in [0.2, 0.25) is 0 Å². The Labute approximate surface area is 138 Å². The molecule has 24 heavy (non-hydrogen) atoms. The highest BCUT2D eigenvalue weighted by Gasteiger charge is 2.46. The zero-order valence-electron chi connectivity index (χ0n) is 13.3. The number of nitrogens with one attached hydrogen (secondary N) is 1. The highest BCUT2D eigenvalue weighted by Crippen LogP contribution is 2.52. The largest absolute Gasteiger partial charge is 0.467 e. The van der Waals surface area contributed by atoms with Crippen LogP contribution in [0.25, 0.3) is 0 Å². The van der Waals surface area contributed by atoms with Crippen LogP contribution in [0.4, 0.5) is 4.79 Å². The molecule has 0 heterocycles. The van der Waals surface area contributed by atoms with Gasteiger partial charge in [0.25, 0.3) is 0 Å². The second-order valence-electron chi connectivity index (χ2n) is 4.15. The van der Waals surface area contributed by atoms with E-state index >= 15 is 0 Å². The van der Waals surface area contributed by atoms with Crippen molar-refractivity contribution in [2.45, 2.75) is 12.4 Å². The normalized spacial score (nSPS) is 12.3. The van der Waals surface area contributed by atoms with Crippen LogP contribution >= 0.6 is 7.60 Å². The summed E-state index contributed by atoms with van der Waals surface area (Å²) in [6.45, 7) is -0.0683. The van der Waals surface area contributed by atoms with Crippen LogP contribution in [0.15, 0.2) is 30.3 Å². The molecule has 0 saturated heterocycles.